The second kappa shape index (κ2) is 9.94. The molecule has 2 aromatic carbocycles. The highest BCUT2D eigenvalue weighted by molar-refractivity contribution is 5.94. The van der Waals surface area contributed by atoms with E-state index in [0.29, 0.717) is 38.3 Å². The zero-order chi connectivity index (χ0) is 18.4. The molecule has 0 unspecified atom stereocenters. The van der Waals surface area contributed by atoms with Gasteiger partial charge in [0.05, 0.1) is 6.54 Å². The van der Waals surface area contributed by atoms with Crippen LogP contribution in [0.2, 0.25) is 0 Å². The minimum absolute atomic E-state index is 0. The molecule has 6 nitrogen and oxygen atoms in total. The number of rotatable bonds is 6. The molecule has 7 heteroatoms. The van der Waals surface area contributed by atoms with Crippen molar-refractivity contribution in [1.29, 1.82) is 0 Å². The van der Waals surface area contributed by atoms with E-state index >= 15 is 0 Å². The minimum Gasteiger partial charge on any atom is -0.489 e. The zero-order valence-electron chi connectivity index (χ0n) is 14.9. The predicted molar refractivity (Wildman–Crippen MR) is 104 cm³/mol. The van der Waals surface area contributed by atoms with Crippen LogP contribution in [0.1, 0.15) is 15.9 Å². The number of carbonyl (C=O) groups is 2. The quantitative estimate of drug-likeness (QED) is 0.820. The second-order valence-electron chi connectivity index (χ2n) is 6.26. The van der Waals surface area contributed by atoms with E-state index in [-0.39, 0.29) is 24.9 Å². The van der Waals surface area contributed by atoms with Crippen LogP contribution in [0, 0.1) is 0 Å². The van der Waals surface area contributed by atoms with Crippen LogP contribution in [0.5, 0.6) is 5.75 Å². The lowest BCUT2D eigenvalue weighted by molar-refractivity contribution is -0.138. The molecule has 0 spiro atoms. The largest absolute Gasteiger partial charge is 0.489 e. The van der Waals surface area contributed by atoms with E-state index in [1.54, 1.807) is 29.2 Å². The molecule has 144 valence electrons. The lowest BCUT2D eigenvalue weighted by atomic mass is 10.1. The fraction of sp³-hybridized carbons (Fsp3) is 0.300. The molecule has 0 bridgehead atoms. The molecule has 1 heterocycles. The third-order valence-electron chi connectivity index (χ3n) is 4.37. The standard InChI is InChI=1S/C20H22N2O4.ClH/c23-19(24)14-21-10-12-22(13-11-21)20(25)17-6-8-18(9-7-17)26-15-16-4-2-1-3-5-16;/h1-9H,10-15H2,(H,23,24);1H. The average molecular weight is 391 g/mol. The van der Waals surface area contributed by atoms with E-state index in [2.05, 4.69) is 0 Å². The Labute approximate surface area is 164 Å². The smallest absolute Gasteiger partial charge is 0.317 e. The summed E-state index contributed by atoms with van der Waals surface area (Å²) in [5, 5.41) is 8.83. The summed E-state index contributed by atoms with van der Waals surface area (Å²) in [6, 6.07) is 17.1. The number of carboxylic acids is 1. The molecular weight excluding hydrogens is 368 g/mol. The Hall–Kier alpha value is -2.57. The van der Waals surface area contributed by atoms with Gasteiger partial charge in [0.1, 0.15) is 12.4 Å². The van der Waals surface area contributed by atoms with Crippen LogP contribution in [0.3, 0.4) is 0 Å². The normalized spacial score (nSPS) is 14.3. The number of carboxylic acid groups (broad SMARTS) is 1. The number of carbonyl (C=O) groups excluding carboxylic acids is 1. The van der Waals surface area contributed by atoms with Crippen molar-refractivity contribution in [2.24, 2.45) is 0 Å². The Morgan fingerprint density at radius 2 is 1.56 bits per heavy atom. The molecular formula is C20H23ClN2O4. The Bertz CT molecular complexity index is 744. The molecule has 2 aromatic rings. The van der Waals surface area contributed by atoms with Crippen LogP contribution in [0.4, 0.5) is 0 Å². The van der Waals surface area contributed by atoms with Crippen LogP contribution >= 0.6 is 12.4 Å². The highest BCUT2D eigenvalue weighted by Crippen LogP contribution is 2.16. The van der Waals surface area contributed by atoms with Gasteiger partial charge in [0.25, 0.3) is 5.91 Å². The molecule has 0 radical (unpaired) electrons. The van der Waals surface area contributed by atoms with Gasteiger partial charge in [0.2, 0.25) is 0 Å². The van der Waals surface area contributed by atoms with Crippen molar-refractivity contribution in [3.05, 3.63) is 65.7 Å². The third kappa shape index (κ3) is 5.98. The number of piperazine rings is 1. The van der Waals surface area contributed by atoms with Gasteiger partial charge in [-0.2, -0.15) is 0 Å². The van der Waals surface area contributed by atoms with E-state index in [1.165, 1.54) is 0 Å². The first-order chi connectivity index (χ1) is 12.6. The summed E-state index contributed by atoms with van der Waals surface area (Å²) >= 11 is 0. The fourth-order valence-electron chi connectivity index (χ4n) is 2.92. The number of ether oxygens (including phenoxy) is 1. The van der Waals surface area contributed by atoms with Crippen LogP contribution in [-0.2, 0) is 11.4 Å². The lowest BCUT2D eigenvalue weighted by Crippen LogP contribution is -2.49. The molecule has 1 fully saturated rings. The van der Waals surface area contributed by atoms with Gasteiger partial charge in [-0.25, -0.2) is 0 Å². The van der Waals surface area contributed by atoms with Gasteiger partial charge in [-0.05, 0) is 29.8 Å². The van der Waals surface area contributed by atoms with E-state index in [0.717, 1.165) is 11.3 Å². The molecule has 1 saturated heterocycles. The van der Waals surface area contributed by atoms with E-state index in [9.17, 15) is 9.59 Å². The minimum atomic E-state index is -0.837. The van der Waals surface area contributed by atoms with Gasteiger partial charge in [0, 0.05) is 31.7 Å². The molecule has 0 aromatic heterocycles. The highest BCUT2D eigenvalue weighted by atomic mass is 35.5. The Morgan fingerprint density at radius 1 is 0.926 bits per heavy atom. The van der Waals surface area contributed by atoms with Crippen molar-refractivity contribution in [3.8, 4) is 5.75 Å². The van der Waals surface area contributed by atoms with Crippen molar-refractivity contribution in [2.75, 3.05) is 32.7 Å². The van der Waals surface area contributed by atoms with Crippen LogP contribution in [0.25, 0.3) is 0 Å². The zero-order valence-corrected chi connectivity index (χ0v) is 15.7. The average Bonchev–Trinajstić information content (AvgIpc) is 2.67. The number of aliphatic carboxylic acids is 1. The van der Waals surface area contributed by atoms with Crippen molar-refractivity contribution >= 4 is 24.3 Å². The van der Waals surface area contributed by atoms with Gasteiger partial charge in [-0.3, -0.25) is 14.5 Å². The van der Waals surface area contributed by atoms with E-state index in [1.807, 2.05) is 35.2 Å². The SMILES string of the molecule is Cl.O=C(O)CN1CCN(C(=O)c2ccc(OCc3ccccc3)cc2)CC1. The van der Waals surface area contributed by atoms with Gasteiger partial charge in [-0.1, -0.05) is 30.3 Å². The number of hydrogen-bond acceptors (Lipinski definition) is 4. The first kappa shape index (κ1) is 20.7. The summed E-state index contributed by atoms with van der Waals surface area (Å²) in [5.74, 6) is -0.151. The molecule has 1 N–H and O–H groups in total. The van der Waals surface area contributed by atoms with Gasteiger partial charge in [-0.15, -0.1) is 12.4 Å². The highest BCUT2D eigenvalue weighted by Gasteiger charge is 2.23. The summed E-state index contributed by atoms with van der Waals surface area (Å²) in [5.41, 5.74) is 1.70. The molecule has 0 aliphatic carbocycles. The summed E-state index contributed by atoms with van der Waals surface area (Å²) < 4.78 is 5.74. The maximum atomic E-state index is 12.6. The van der Waals surface area contributed by atoms with Crippen LogP contribution < -0.4 is 4.74 Å². The number of amides is 1. The van der Waals surface area contributed by atoms with Crippen LogP contribution in [0.15, 0.2) is 54.6 Å². The molecule has 0 atom stereocenters. The molecule has 1 aliphatic rings. The predicted octanol–water partition coefficient (Wildman–Crippen LogP) is 2.53. The van der Waals surface area contributed by atoms with Gasteiger partial charge >= 0.3 is 5.97 Å². The number of halogens is 1. The van der Waals surface area contributed by atoms with Gasteiger partial charge in [0.15, 0.2) is 0 Å². The lowest BCUT2D eigenvalue weighted by Gasteiger charge is -2.33. The summed E-state index contributed by atoms with van der Waals surface area (Å²) in [6.45, 7) is 2.75. The second-order valence-corrected chi connectivity index (χ2v) is 6.26. The summed E-state index contributed by atoms with van der Waals surface area (Å²) in [4.78, 5) is 26.9. The molecule has 1 amide bonds. The molecule has 3 rings (SSSR count). The first-order valence-electron chi connectivity index (χ1n) is 8.62. The van der Waals surface area contributed by atoms with Crippen molar-refractivity contribution in [2.45, 2.75) is 6.61 Å². The van der Waals surface area contributed by atoms with Crippen molar-refractivity contribution < 1.29 is 19.4 Å². The molecule has 0 saturated carbocycles. The maximum absolute atomic E-state index is 12.6. The monoisotopic (exact) mass is 390 g/mol. The van der Waals surface area contributed by atoms with Crippen LogP contribution in [-0.4, -0.2) is 59.5 Å². The Morgan fingerprint density at radius 3 is 2.15 bits per heavy atom. The Kier molecular flexibility index (Phi) is 7.64. The number of hydrogen-bond donors (Lipinski definition) is 1. The van der Waals surface area contributed by atoms with Crippen molar-refractivity contribution in [3.63, 3.8) is 0 Å². The third-order valence-corrected chi connectivity index (χ3v) is 4.37. The summed E-state index contributed by atoms with van der Waals surface area (Å²) in [6.07, 6.45) is 0. The fourth-order valence-corrected chi connectivity index (χ4v) is 2.92. The van der Waals surface area contributed by atoms with E-state index in [4.69, 9.17) is 9.84 Å². The maximum Gasteiger partial charge on any atom is 0.317 e. The molecule has 1 aliphatic heterocycles. The van der Waals surface area contributed by atoms with Crippen molar-refractivity contribution in [1.82, 2.24) is 9.80 Å². The topological polar surface area (TPSA) is 70.1 Å². The number of nitrogens with zero attached hydrogens (tertiary/aromatic N) is 2. The Balaban J connectivity index is 0.00000261. The first-order valence-corrected chi connectivity index (χ1v) is 8.62. The number of benzene rings is 2. The van der Waals surface area contributed by atoms with Gasteiger partial charge < -0.3 is 14.7 Å². The summed E-state index contributed by atoms with van der Waals surface area (Å²) in [7, 11) is 0. The van der Waals surface area contributed by atoms with E-state index < -0.39 is 5.97 Å². The molecule has 27 heavy (non-hydrogen) atoms.